The van der Waals surface area contributed by atoms with Crippen molar-refractivity contribution in [1.29, 1.82) is 0 Å². The lowest BCUT2D eigenvalue weighted by Gasteiger charge is -2.14. The second-order valence-corrected chi connectivity index (χ2v) is 6.43. The van der Waals surface area contributed by atoms with Gasteiger partial charge >= 0.3 is 0 Å². The second-order valence-electron chi connectivity index (χ2n) is 6.43. The molecule has 1 heterocycles. The number of carbonyl (C=O) groups excluding carboxylic acids is 2. The topological polar surface area (TPSA) is 102 Å². The maximum atomic E-state index is 12.6. The summed E-state index contributed by atoms with van der Waals surface area (Å²) in [4.78, 5) is 28.4. The molecule has 3 aromatic rings. The SMILES string of the molecule is COc1cc(C(=O)NNC(=O)c2cccc3c(C)c(C)[nH]c23)cc(OC)c1OC. The zero-order chi connectivity index (χ0) is 21.1. The van der Waals surface area contributed by atoms with Crippen LogP contribution in [0.2, 0.25) is 0 Å². The van der Waals surface area contributed by atoms with Crippen molar-refractivity contribution in [3.63, 3.8) is 0 Å². The van der Waals surface area contributed by atoms with Gasteiger partial charge in [0.25, 0.3) is 11.8 Å². The van der Waals surface area contributed by atoms with Crippen LogP contribution >= 0.6 is 0 Å². The lowest BCUT2D eigenvalue weighted by molar-refractivity contribution is 0.0847. The molecule has 29 heavy (non-hydrogen) atoms. The van der Waals surface area contributed by atoms with Crippen LogP contribution in [-0.2, 0) is 0 Å². The normalized spacial score (nSPS) is 10.5. The summed E-state index contributed by atoms with van der Waals surface area (Å²) in [5.74, 6) is 0.0943. The first-order valence-electron chi connectivity index (χ1n) is 8.89. The number of hydrazine groups is 1. The molecule has 0 aliphatic carbocycles. The van der Waals surface area contributed by atoms with Gasteiger partial charge in [0.15, 0.2) is 11.5 Å². The Hall–Kier alpha value is -3.68. The molecule has 0 aliphatic rings. The highest BCUT2D eigenvalue weighted by Crippen LogP contribution is 2.38. The molecule has 0 spiro atoms. The van der Waals surface area contributed by atoms with Crippen LogP contribution in [0.4, 0.5) is 0 Å². The Kier molecular flexibility index (Phi) is 5.63. The van der Waals surface area contributed by atoms with Crippen LogP contribution in [-0.4, -0.2) is 38.1 Å². The minimum Gasteiger partial charge on any atom is -0.493 e. The molecular formula is C21H23N3O5. The van der Waals surface area contributed by atoms with Crippen molar-refractivity contribution >= 4 is 22.7 Å². The maximum absolute atomic E-state index is 12.6. The quantitative estimate of drug-likeness (QED) is 0.575. The highest BCUT2D eigenvalue weighted by atomic mass is 16.5. The number of aryl methyl sites for hydroxylation is 2. The first-order valence-corrected chi connectivity index (χ1v) is 8.89. The molecule has 8 heteroatoms. The number of H-pyrrole nitrogens is 1. The zero-order valence-corrected chi connectivity index (χ0v) is 16.9. The molecule has 0 unspecified atom stereocenters. The third-order valence-corrected chi connectivity index (χ3v) is 4.80. The van der Waals surface area contributed by atoms with Gasteiger partial charge in [-0.2, -0.15) is 0 Å². The molecule has 152 valence electrons. The summed E-state index contributed by atoms with van der Waals surface area (Å²) >= 11 is 0. The van der Waals surface area contributed by atoms with Crippen LogP contribution in [0, 0.1) is 13.8 Å². The number of rotatable bonds is 5. The van der Waals surface area contributed by atoms with Gasteiger partial charge in [-0.05, 0) is 37.6 Å². The van der Waals surface area contributed by atoms with Crippen LogP contribution in [0.1, 0.15) is 32.0 Å². The summed E-state index contributed by atoms with van der Waals surface area (Å²) < 4.78 is 15.7. The Morgan fingerprint density at radius 3 is 2.10 bits per heavy atom. The minimum absolute atomic E-state index is 0.240. The molecule has 3 rings (SSSR count). The molecular weight excluding hydrogens is 374 g/mol. The summed E-state index contributed by atoms with van der Waals surface area (Å²) in [7, 11) is 4.40. The number of amides is 2. The van der Waals surface area contributed by atoms with E-state index < -0.39 is 11.8 Å². The van der Waals surface area contributed by atoms with Gasteiger partial charge in [0, 0.05) is 16.6 Å². The number of ether oxygens (including phenoxy) is 3. The van der Waals surface area contributed by atoms with E-state index >= 15 is 0 Å². The molecule has 3 N–H and O–H groups in total. The number of aromatic nitrogens is 1. The van der Waals surface area contributed by atoms with E-state index in [2.05, 4.69) is 15.8 Å². The van der Waals surface area contributed by atoms with Gasteiger partial charge < -0.3 is 19.2 Å². The average Bonchev–Trinajstić information content (AvgIpc) is 3.04. The number of benzene rings is 2. The Labute approximate surface area is 168 Å². The van der Waals surface area contributed by atoms with Gasteiger partial charge in [-0.1, -0.05) is 12.1 Å². The molecule has 0 saturated heterocycles. The highest BCUT2D eigenvalue weighted by molar-refractivity contribution is 6.07. The summed E-state index contributed by atoms with van der Waals surface area (Å²) in [6.45, 7) is 3.94. The molecule has 0 atom stereocenters. The van der Waals surface area contributed by atoms with Gasteiger partial charge in [-0.25, -0.2) is 0 Å². The minimum atomic E-state index is -0.524. The van der Waals surface area contributed by atoms with Crippen LogP contribution < -0.4 is 25.1 Å². The molecule has 1 aromatic heterocycles. The van der Waals surface area contributed by atoms with E-state index in [0.717, 1.165) is 22.2 Å². The second kappa shape index (κ2) is 8.14. The smallest absolute Gasteiger partial charge is 0.271 e. The molecule has 2 aromatic carbocycles. The Morgan fingerprint density at radius 1 is 0.897 bits per heavy atom. The lowest BCUT2D eigenvalue weighted by atomic mass is 10.1. The first-order chi connectivity index (χ1) is 13.9. The number of hydrogen-bond donors (Lipinski definition) is 3. The van der Waals surface area contributed by atoms with Crippen molar-refractivity contribution < 1.29 is 23.8 Å². The van der Waals surface area contributed by atoms with E-state index in [0.29, 0.717) is 22.8 Å². The number of fused-ring (bicyclic) bond motifs is 1. The maximum Gasteiger partial charge on any atom is 0.271 e. The van der Waals surface area contributed by atoms with E-state index in [9.17, 15) is 9.59 Å². The van der Waals surface area contributed by atoms with Crippen molar-refractivity contribution in [3.05, 3.63) is 52.7 Å². The summed E-state index contributed by atoms with van der Waals surface area (Å²) in [6, 6.07) is 8.44. The molecule has 0 radical (unpaired) electrons. The predicted molar refractivity (Wildman–Crippen MR) is 109 cm³/mol. The third-order valence-electron chi connectivity index (χ3n) is 4.80. The average molecular weight is 397 g/mol. The van der Waals surface area contributed by atoms with Crippen LogP contribution in [0.15, 0.2) is 30.3 Å². The number of methoxy groups -OCH3 is 3. The highest BCUT2D eigenvalue weighted by Gasteiger charge is 2.18. The predicted octanol–water partition coefficient (Wildman–Crippen LogP) is 2.89. The van der Waals surface area contributed by atoms with E-state index in [1.54, 1.807) is 12.1 Å². The number of aromatic amines is 1. The number of carbonyl (C=O) groups is 2. The van der Waals surface area contributed by atoms with Crippen molar-refractivity contribution in [1.82, 2.24) is 15.8 Å². The number of hydrogen-bond acceptors (Lipinski definition) is 5. The van der Waals surface area contributed by atoms with Gasteiger partial charge in [-0.3, -0.25) is 20.4 Å². The monoisotopic (exact) mass is 397 g/mol. The number of nitrogens with one attached hydrogen (secondary N) is 3. The third kappa shape index (κ3) is 3.69. The van der Waals surface area contributed by atoms with E-state index in [1.165, 1.54) is 33.5 Å². The molecule has 0 bridgehead atoms. The van der Waals surface area contributed by atoms with E-state index in [1.807, 2.05) is 19.9 Å². The van der Waals surface area contributed by atoms with Crippen molar-refractivity contribution in [2.75, 3.05) is 21.3 Å². The van der Waals surface area contributed by atoms with E-state index in [4.69, 9.17) is 14.2 Å². The fraction of sp³-hybridized carbons (Fsp3) is 0.238. The first kappa shape index (κ1) is 20.1. The standard InChI is InChI=1S/C21H23N3O5/c1-11-12(2)22-18-14(11)7-6-8-15(18)21(26)24-23-20(25)13-9-16(27-3)19(29-5)17(10-13)28-4/h6-10,22H,1-5H3,(H,23,25)(H,24,26). The van der Waals surface area contributed by atoms with Crippen molar-refractivity contribution in [2.45, 2.75) is 13.8 Å². The Balaban J connectivity index is 1.81. The molecule has 8 nitrogen and oxygen atoms in total. The molecule has 0 fully saturated rings. The van der Waals surface area contributed by atoms with Crippen LogP contribution in [0.3, 0.4) is 0 Å². The lowest BCUT2D eigenvalue weighted by Crippen LogP contribution is -2.41. The molecule has 2 amide bonds. The summed E-state index contributed by atoms with van der Waals surface area (Å²) in [5, 5.41) is 0.964. The zero-order valence-electron chi connectivity index (χ0n) is 16.9. The fourth-order valence-electron chi connectivity index (χ4n) is 3.14. The van der Waals surface area contributed by atoms with Crippen molar-refractivity contribution in [3.8, 4) is 17.2 Å². The van der Waals surface area contributed by atoms with Gasteiger partial charge in [-0.15, -0.1) is 0 Å². The molecule has 0 saturated carbocycles. The van der Waals surface area contributed by atoms with E-state index in [-0.39, 0.29) is 5.56 Å². The van der Waals surface area contributed by atoms with Gasteiger partial charge in [0.05, 0.1) is 32.4 Å². The Morgan fingerprint density at radius 2 is 1.52 bits per heavy atom. The van der Waals surface area contributed by atoms with Crippen LogP contribution in [0.25, 0.3) is 10.9 Å². The van der Waals surface area contributed by atoms with Crippen molar-refractivity contribution in [2.24, 2.45) is 0 Å². The van der Waals surface area contributed by atoms with Gasteiger partial charge in [0.2, 0.25) is 5.75 Å². The largest absolute Gasteiger partial charge is 0.493 e. The molecule has 0 aliphatic heterocycles. The summed E-state index contributed by atoms with van der Waals surface area (Å²) in [6.07, 6.45) is 0. The summed E-state index contributed by atoms with van der Waals surface area (Å²) in [5.41, 5.74) is 8.34. The number of para-hydroxylation sites is 1. The van der Waals surface area contributed by atoms with Gasteiger partial charge in [0.1, 0.15) is 0 Å². The Bertz CT molecular complexity index is 1060. The fourth-order valence-corrected chi connectivity index (χ4v) is 3.14. The van der Waals surface area contributed by atoms with Crippen LogP contribution in [0.5, 0.6) is 17.2 Å².